The van der Waals surface area contributed by atoms with Crippen LogP contribution in [0.25, 0.3) is 0 Å². The van der Waals surface area contributed by atoms with Gasteiger partial charge in [-0.05, 0) is 58.6 Å². The Morgan fingerprint density at radius 3 is 2.65 bits per heavy atom. The smallest absolute Gasteiger partial charge is 0.410 e. The third kappa shape index (κ3) is 5.64. The molecule has 0 saturated carbocycles. The van der Waals surface area contributed by atoms with Crippen molar-refractivity contribution in [1.29, 1.82) is 0 Å². The number of carbonyl (C=O) groups is 1. The van der Waals surface area contributed by atoms with E-state index in [1.165, 1.54) is 6.42 Å². The number of aromatic nitrogens is 2. The molecule has 7 heteroatoms. The van der Waals surface area contributed by atoms with E-state index in [0.29, 0.717) is 24.9 Å². The van der Waals surface area contributed by atoms with Gasteiger partial charge in [-0.2, -0.15) is 4.98 Å². The highest BCUT2D eigenvalue weighted by molar-refractivity contribution is 5.69. The van der Waals surface area contributed by atoms with Crippen molar-refractivity contribution in [2.45, 2.75) is 83.5 Å². The molecular weight excluding hydrogens is 392 g/mol. The monoisotopic (exact) mass is 426 g/mol. The van der Waals surface area contributed by atoms with Crippen molar-refractivity contribution in [3.8, 4) is 0 Å². The summed E-state index contributed by atoms with van der Waals surface area (Å²) in [4.78, 5) is 21.8. The second-order valence-corrected chi connectivity index (χ2v) is 9.68. The van der Waals surface area contributed by atoms with Gasteiger partial charge in [0.15, 0.2) is 5.82 Å². The largest absolute Gasteiger partial charge is 0.444 e. The summed E-state index contributed by atoms with van der Waals surface area (Å²) in [6.45, 7) is 8.19. The molecule has 2 saturated heterocycles. The first-order chi connectivity index (χ1) is 14.9. The van der Waals surface area contributed by atoms with Crippen LogP contribution in [0.3, 0.4) is 0 Å². The van der Waals surface area contributed by atoms with E-state index in [1.807, 2.05) is 43.9 Å². The van der Waals surface area contributed by atoms with Gasteiger partial charge < -0.3 is 14.2 Å². The average Bonchev–Trinajstić information content (AvgIpc) is 3.38. The summed E-state index contributed by atoms with van der Waals surface area (Å²) in [7, 11) is 0. The van der Waals surface area contributed by atoms with Gasteiger partial charge in [0.2, 0.25) is 5.89 Å². The number of piperidine rings is 1. The van der Waals surface area contributed by atoms with Crippen molar-refractivity contribution in [3.05, 3.63) is 47.6 Å². The normalized spacial score (nSPS) is 22.6. The van der Waals surface area contributed by atoms with Gasteiger partial charge in [-0.25, -0.2) is 4.79 Å². The van der Waals surface area contributed by atoms with E-state index in [4.69, 9.17) is 9.26 Å². The van der Waals surface area contributed by atoms with Crippen LogP contribution in [0.1, 0.15) is 70.2 Å². The van der Waals surface area contributed by atoms with Gasteiger partial charge in [-0.15, -0.1) is 0 Å². The van der Waals surface area contributed by atoms with Gasteiger partial charge >= 0.3 is 6.09 Å². The molecule has 168 valence electrons. The van der Waals surface area contributed by atoms with Crippen LogP contribution >= 0.6 is 0 Å². The minimum absolute atomic E-state index is 0.186. The number of ether oxygens (including phenoxy) is 1. The van der Waals surface area contributed by atoms with Crippen LogP contribution in [-0.4, -0.2) is 56.8 Å². The molecule has 0 N–H and O–H groups in total. The third-order valence-electron chi connectivity index (χ3n) is 6.09. The zero-order valence-corrected chi connectivity index (χ0v) is 18.9. The van der Waals surface area contributed by atoms with Crippen LogP contribution in [0.2, 0.25) is 0 Å². The molecule has 0 radical (unpaired) electrons. The third-order valence-corrected chi connectivity index (χ3v) is 6.09. The van der Waals surface area contributed by atoms with Gasteiger partial charge in [0.05, 0.1) is 19.0 Å². The Morgan fingerprint density at radius 1 is 1.10 bits per heavy atom. The maximum atomic E-state index is 12.8. The number of hydrogen-bond acceptors (Lipinski definition) is 6. The molecule has 2 aliphatic rings. The molecule has 0 unspecified atom stereocenters. The molecule has 2 aliphatic heterocycles. The second kappa shape index (κ2) is 9.39. The number of hydrogen-bond donors (Lipinski definition) is 0. The fraction of sp³-hybridized carbons (Fsp3) is 0.625. The summed E-state index contributed by atoms with van der Waals surface area (Å²) >= 11 is 0. The van der Waals surface area contributed by atoms with Crippen LogP contribution in [-0.2, 0) is 17.7 Å². The molecule has 1 amide bonds. The number of likely N-dealkylation sites (tertiary alicyclic amines) is 2. The first kappa shape index (κ1) is 21.8. The van der Waals surface area contributed by atoms with Gasteiger partial charge in [-0.3, -0.25) is 4.90 Å². The number of amides is 1. The van der Waals surface area contributed by atoms with E-state index in [2.05, 4.69) is 27.2 Å². The second-order valence-electron chi connectivity index (χ2n) is 9.68. The lowest BCUT2D eigenvalue weighted by Crippen LogP contribution is -2.53. The van der Waals surface area contributed by atoms with Crippen LogP contribution in [0.4, 0.5) is 4.79 Å². The van der Waals surface area contributed by atoms with Crippen LogP contribution < -0.4 is 0 Å². The molecule has 0 aliphatic carbocycles. The quantitative estimate of drug-likeness (QED) is 0.705. The Hall–Kier alpha value is -2.41. The van der Waals surface area contributed by atoms with Gasteiger partial charge in [0.1, 0.15) is 5.60 Å². The van der Waals surface area contributed by atoms with Crippen molar-refractivity contribution in [3.63, 3.8) is 0 Å². The molecule has 1 aromatic heterocycles. The highest BCUT2D eigenvalue weighted by atomic mass is 16.6. The fourth-order valence-corrected chi connectivity index (χ4v) is 4.77. The van der Waals surface area contributed by atoms with E-state index in [9.17, 15) is 4.79 Å². The Bertz CT molecular complexity index is 861. The van der Waals surface area contributed by atoms with E-state index in [-0.39, 0.29) is 12.1 Å². The molecule has 1 aromatic carbocycles. The molecule has 0 bridgehead atoms. The van der Waals surface area contributed by atoms with Crippen LogP contribution in [0.5, 0.6) is 0 Å². The molecule has 7 nitrogen and oxygen atoms in total. The molecule has 3 heterocycles. The Kier molecular flexibility index (Phi) is 6.60. The summed E-state index contributed by atoms with van der Waals surface area (Å²) < 4.78 is 11.2. The number of carbonyl (C=O) groups excluding carboxylic acids is 1. The van der Waals surface area contributed by atoms with Crippen molar-refractivity contribution in [2.24, 2.45) is 0 Å². The molecule has 31 heavy (non-hydrogen) atoms. The van der Waals surface area contributed by atoms with E-state index >= 15 is 0 Å². The van der Waals surface area contributed by atoms with Crippen molar-refractivity contribution in [2.75, 3.05) is 13.1 Å². The van der Waals surface area contributed by atoms with Crippen molar-refractivity contribution >= 4 is 6.09 Å². The molecule has 0 spiro atoms. The first-order valence-corrected chi connectivity index (χ1v) is 11.5. The number of rotatable bonds is 5. The minimum atomic E-state index is -0.476. The molecule has 2 aromatic rings. The summed E-state index contributed by atoms with van der Waals surface area (Å²) in [5, 5.41) is 4.24. The summed E-state index contributed by atoms with van der Waals surface area (Å²) in [5.74, 6) is 1.37. The summed E-state index contributed by atoms with van der Waals surface area (Å²) in [6.07, 6.45) is 5.93. The fourth-order valence-electron chi connectivity index (χ4n) is 4.77. The maximum Gasteiger partial charge on any atom is 0.410 e. The lowest BCUT2D eigenvalue weighted by Gasteiger charge is -2.41. The van der Waals surface area contributed by atoms with Gasteiger partial charge in [-0.1, -0.05) is 41.9 Å². The molecule has 2 atom stereocenters. The molecule has 2 fully saturated rings. The van der Waals surface area contributed by atoms with Gasteiger partial charge in [0.25, 0.3) is 0 Å². The SMILES string of the molecule is CC(C)(C)OC(=O)N1CCC[C@@H]1[C@H]1CCCCN1Cc1noc(Cc2ccccc2)n1. The van der Waals surface area contributed by atoms with Crippen molar-refractivity contribution < 1.29 is 14.1 Å². The Morgan fingerprint density at radius 2 is 1.87 bits per heavy atom. The zero-order chi connectivity index (χ0) is 21.8. The average molecular weight is 427 g/mol. The van der Waals surface area contributed by atoms with E-state index < -0.39 is 5.60 Å². The predicted molar refractivity (Wildman–Crippen MR) is 118 cm³/mol. The van der Waals surface area contributed by atoms with Crippen LogP contribution in [0.15, 0.2) is 34.9 Å². The zero-order valence-electron chi connectivity index (χ0n) is 18.9. The maximum absolute atomic E-state index is 12.8. The topological polar surface area (TPSA) is 71.7 Å². The predicted octanol–water partition coefficient (Wildman–Crippen LogP) is 4.41. The van der Waals surface area contributed by atoms with Crippen LogP contribution in [0, 0.1) is 0 Å². The number of benzene rings is 1. The lowest BCUT2D eigenvalue weighted by atomic mass is 9.94. The molecule has 4 rings (SSSR count). The first-order valence-electron chi connectivity index (χ1n) is 11.5. The highest BCUT2D eigenvalue weighted by Crippen LogP contribution is 2.31. The summed E-state index contributed by atoms with van der Waals surface area (Å²) in [5.41, 5.74) is 0.684. The lowest BCUT2D eigenvalue weighted by molar-refractivity contribution is 0.00600. The Balaban J connectivity index is 1.42. The highest BCUT2D eigenvalue weighted by Gasteiger charge is 2.40. The summed E-state index contributed by atoms with van der Waals surface area (Å²) in [6, 6.07) is 10.7. The minimum Gasteiger partial charge on any atom is -0.444 e. The van der Waals surface area contributed by atoms with E-state index in [1.54, 1.807) is 0 Å². The number of nitrogens with zero attached hydrogens (tertiary/aromatic N) is 4. The Labute approximate surface area is 184 Å². The van der Waals surface area contributed by atoms with Gasteiger partial charge in [0, 0.05) is 12.6 Å². The standard InChI is InChI=1S/C24H34N4O3/c1-24(2,3)30-23(29)28-15-9-13-20(28)19-12-7-8-14-27(19)17-21-25-22(31-26-21)16-18-10-5-4-6-11-18/h4-6,10-11,19-20H,7-9,12-17H2,1-3H3/t19-,20-/m1/s1. The molecular formula is C24H34N4O3. The van der Waals surface area contributed by atoms with Crippen molar-refractivity contribution in [1.82, 2.24) is 19.9 Å². The van der Waals surface area contributed by atoms with E-state index in [0.717, 1.165) is 50.2 Å².